The van der Waals surface area contributed by atoms with Crippen molar-refractivity contribution in [3.8, 4) is 5.75 Å². The smallest absolute Gasteiger partial charge is 0.120 e. The van der Waals surface area contributed by atoms with E-state index in [2.05, 4.69) is 29.2 Å². The summed E-state index contributed by atoms with van der Waals surface area (Å²) in [5, 5.41) is 9.62. The van der Waals surface area contributed by atoms with E-state index in [9.17, 15) is 18.1 Å². The predicted octanol–water partition coefficient (Wildman–Crippen LogP) is 5.17. The van der Waals surface area contributed by atoms with Gasteiger partial charge in [0.05, 0.1) is 35.2 Å². The molecule has 2 heterocycles. The van der Waals surface area contributed by atoms with E-state index in [0.717, 1.165) is 38.9 Å². The van der Waals surface area contributed by atoms with Crippen molar-refractivity contribution in [3.63, 3.8) is 0 Å². The first-order valence-corrected chi connectivity index (χ1v) is 14.2. The maximum absolute atomic E-state index is 11.0. The number of hydrogen-bond donors (Lipinski definition) is 1. The van der Waals surface area contributed by atoms with Crippen molar-refractivity contribution in [2.75, 3.05) is 24.3 Å². The Morgan fingerprint density at radius 2 is 1.71 bits per heavy atom. The first-order valence-electron chi connectivity index (χ1n) is 11.0. The summed E-state index contributed by atoms with van der Waals surface area (Å²) in [6.07, 6.45) is 1.75. The molecule has 5 rings (SSSR count). The number of rotatable bonds is 7. The Hall–Kier alpha value is -2.17. The second-order valence-electron chi connectivity index (χ2n) is 8.36. The molecule has 3 aromatic carbocycles. The van der Waals surface area contributed by atoms with Crippen molar-refractivity contribution in [1.82, 2.24) is 0 Å². The third-order valence-corrected chi connectivity index (χ3v) is 9.13. The average Bonchev–Trinajstić information content (AvgIpc) is 2.82. The van der Waals surface area contributed by atoms with E-state index in [4.69, 9.17) is 4.74 Å². The van der Waals surface area contributed by atoms with Gasteiger partial charge in [0.2, 0.25) is 0 Å². The maximum atomic E-state index is 11.0. The molecule has 2 aliphatic rings. The highest BCUT2D eigenvalue weighted by atomic mass is 32.2. The zero-order valence-electron chi connectivity index (χ0n) is 18.6. The normalized spacial score (nSPS) is 14.1. The Kier molecular flexibility index (Phi) is 6.56. The van der Waals surface area contributed by atoms with Gasteiger partial charge in [-0.05, 0) is 72.4 Å². The van der Waals surface area contributed by atoms with Gasteiger partial charge in [-0.25, -0.2) is 8.42 Å². The molecule has 0 bridgehead atoms. The SMILES string of the molecule is COc1ccc2c(c1)Sc1cc3c(cc1C2)Sc1cc(CO)ccc1N3CCCCS(=O)(=O)[O-]. The lowest BCUT2D eigenvalue weighted by Crippen LogP contribution is -2.23. The molecule has 0 atom stereocenters. The van der Waals surface area contributed by atoms with Crippen LogP contribution in [0.5, 0.6) is 5.75 Å². The molecule has 0 radical (unpaired) electrons. The van der Waals surface area contributed by atoms with Crippen LogP contribution < -0.4 is 9.64 Å². The Morgan fingerprint density at radius 1 is 0.941 bits per heavy atom. The second-order valence-corrected chi connectivity index (χ2v) is 12.1. The van der Waals surface area contributed by atoms with Crippen LogP contribution >= 0.6 is 23.5 Å². The molecular formula is C25H24NO5S3-. The molecule has 0 fully saturated rings. The van der Waals surface area contributed by atoms with Crippen LogP contribution in [-0.2, 0) is 23.1 Å². The Balaban J connectivity index is 1.50. The van der Waals surface area contributed by atoms with Crippen molar-refractivity contribution < 1.29 is 22.8 Å². The van der Waals surface area contributed by atoms with E-state index in [-0.39, 0.29) is 12.4 Å². The number of hydrogen-bond acceptors (Lipinski definition) is 8. The molecule has 3 aromatic rings. The Morgan fingerprint density at radius 3 is 2.47 bits per heavy atom. The van der Waals surface area contributed by atoms with E-state index in [0.29, 0.717) is 19.4 Å². The average molecular weight is 515 g/mol. The minimum absolute atomic E-state index is 0.0247. The fourth-order valence-corrected chi connectivity index (χ4v) is 7.22. The highest BCUT2D eigenvalue weighted by Crippen LogP contribution is 2.52. The standard InChI is InChI=1S/C25H25NO5S3/c1-31-19-6-5-17-11-18-12-25-21(14-23(18)32-22(17)13-19)26(8-2-3-9-34(28,29)30)20-7-4-16(15-27)10-24(20)33-25/h4-7,10,12-14,27H,2-3,8-9,11,15H2,1H3,(H,28,29,30)/p-1. The van der Waals surface area contributed by atoms with Crippen molar-refractivity contribution in [2.45, 2.75) is 45.5 Å². The van der Waals surface area contributed by atoms with Gasteiger partial charge in [-0.1, -0.05) is 35.7 Å². The molecule has 6 nitrogen and oxygen atoms in total. The molecule has 0 aromatic heterocycles. The van der Waals surface area contributed by atoms with E-state index < -0.39 is 10.1 Å². The molecule has 0 saturated carbocycles. The highest BCUT2D eigenvalue weighted by molar-refractivity contribution is 8.00. The number of ether oxygens (including phenoxy) is 1. The zero-order chi connectivity index (χ0) is 23.9. The molecule has 178 valence electrons. The van der Waals surface area contributed by atoms with E-state index in [1.54, 1.807) is 30.6 Å². The number of unbranched alkanes of at least 4 members (excludes halogenated alkanes) is 1. The van der Waals surface area contributed by atoms with E-state index in [1.807, 2.05) is 24.3 Å². The van der Waals surface area contributed by atoms with Crippen LogP contribution in [0.3, 0.4) is 0 Å². The second kappa shape index (κ2) is 9.47. The number of methoxy groups -OCH3 is 1. The van der Waals surface area contributed by atoms with Crippen molar-refractivity contribution in [2.24, 2.45) is 0 Å². The Labute approximate surface area is 208 Å². The third kappa shape index (κ3) is 4.81. The summed E-state index contributed by atoms with van der Waals surface area (Å²) in [7, 11) is -2.54. The van der Waals surface area contributed by atoms with Crippen LogP contribution in [0.2, 0.25) is 0 Å². The molecule has 9 heteroatoms. The van der Waals surface area contributed by atoms with Crippen LogP contribution in [0.25, 0.3) is 0 Å². The Bertz CT molecular complexity index is 1360. The van der Waals surface area contributed by atoms with Gasteiger partial charge in [-0.3, -0.25) is 0 Å². The van der Waals surface area contributed by atoms with Gasteiger partial charge in [-0.15, -0.1) is 0 Å². The quantitative estimate of drug-likeness (QED) is 0.267. The fourth-order valence-electron chi connectivity index (χ4n) is 4.34. The van der Waals surface area contributed by atoms with Crippen LogP contribution in [0, 0.1) is 0 Å². The van der Waals surface area contributed by atoms with Crippen LogP contribution in [0.1, 0.15) is 29.5 Å². The van der Waals surface area contributed by atoms with Gasteiger partial charge in [0.25, 0.3) is 0 Å². The summed E-state index contributed by atoms with van der Waals surface area (Å²) in [5.41, 5.74) is 5.51. The van der Waals surface area contributed by atoms with Gasteiger partial charge >= 0.3 is 0 Å². The van der Waals surface area contributed by atoms with Crippen LogP contribution in [0.4, 0.5) is 11.4 Å². The summed E-state index contributed by atoms with van der Waals surface area (Å²) < 4.78 is 38.6. The lowest BCUT2D eigenvalue weighted by atomic mass is 10.0. The van der Waals surface area contributed by atoms with Crippen molar-refractivity contribution in [3.05, 3.63) is 65.2 Å². The molecule has 0 amide bonds. The third-order valence-electron chi connectivity index (χ3n) is 6.05. The molecule has 0 saturated heterocycles. The summed E-state index contributed by atoms with van der Waals surface area (Å²) in [5.74, 6) is 0.490. The van der Waals surface area contributed by atoms with Gasteiger partial charge in [0.15, 0.2) is 0 Å². The number of anilines is 2. The number of fused-ring (bicyclic) bond motifs is 4. The summed E-state index contributed by atoms with van der Waals surface area (Å²) in [4.78, 5) is 6.79. The number of nitrogens with zero attached hydrogens (tertiary/aromatic N) is 1. The fraction of sp³-hybridized carbons (Fsp3) is 0.280. The van der Waals surface area contributed by atoms with E-state index >= 15 is 0 Å². The molecular weight excluding hydrogens is 490 g/mol. The van der Waals surface area contributed by atoms with Crippen LogP contribution in [-0.4, -0.2) is 37.5 Å². The molecule has 0 spiro atoms. The highest BCUT2D eigenvalue weighted by Gasteiger charge is 2.27. The summed E-state index contributed by atoms with van der Waals surface area (Å²) in [6.45, 7) is 0.575. The molecule has 34 heavy (non-hydrogen) atoms. The molecule has 0 aliphatic carbocycles. The lowest BCUT2D eigenvalue weighted by molar-refractivity contribution is 0.281. The monoisotopic (exact) mass is 514 g/mol. The summed E-state index contributed by atoms with van der Waals surface area (Å²) in [6, 6.07) is 16.6. The lowest BCUT2D eigenvalue weighted by Gasteiger charge is -2.34. The van der Waals surface area contributed by atoms with Crippen molar-refractivity contribution >= 4 is 45.0 Å². The first-order chi connectivity index (χ1) is 16.3. The van der Waals surface area contributed by atoms with E-state index in [1.165, 1.54) is 20.9 Å². The topological polar surface area (TPSA) is 89.9 Å². The number of benzene rings is 3. The summed E-state index contributed by atoms with van der Waals surface area (Å²) >= 11 is 3.43. The molecule has 1 N–H and O–H groups in total. The first kappa shape index (κ1) is 23.6. The molecule has 0 unspecified atom stereocenters. The minimum Gasteiger partial charge on any atom is -0.748 e. The van der Waals surface area contributed by atoms with Crippen molar-refractivity contribution in [1.29, 1.82) is 0 Å². The van der Waals surface area contributed by atoms with Gasteiger partial charge in [-0.2, -0.15) is 0 Å². The predicted molar refractivity (Wildman–Crippen MR) is 134 cm³/mol. The number of aliphatic hydroxyl groups excluding tert-OH is 1. The zero-order valence-corrected chi connectivity index (χ0v) is 21.1. The van der Waals surface area contributed by atoms with Gasteiger partial charge < -0.3 is 19.3 Å². The van der Waals surface area contributed by atoms with Gasteiger partial charge in [0, 0.05) is 31.9 Å². The van der Waals surface area contributed by atoms with Gasteiger partial charge in [0.1, 0.15) is 5.75 Å². The minimum atomic E-state index is -4.22. The molecule has 2 aliphatic heterocycles. The number of aliphatic hydroxyl groups is 1. The van der Waals surface area contributed by atoms with Crippen LogP contribution in [0.15, 0.2) is 68.1 Å². The largest absolute Gasteiger partial charge is 0.748 e. The maximum Gasteiger partial charge on any atom is 0.120 e.